The maximum absolute atomic E-state index is 13.0. The van der Waals surface area contributed by atoms with Crippen LogP contribution in [0, 0.1) is 0 Å². The molecular formula is C14H17F3N2O2. The van der Waals surface area contributed by atoms with E-state index in [1.807, 2.05) is 0 Å². The third-order valence-electron chi connectivity index (χ3n) is 3.36. The molecule has 21 heavy (non-hydrogen) atoms. The SMILES string of the molecule is CC(C)(C)c1cc(C(=O)N2CC(O)C2)cnc1C(F)(F)F. The highest BCUT2D eigenvalue weighted by Crippen LogP contribution is 2.36. The van der Waals surface area contributed by atoms with Crippen molar-refractivity contribution in [3.63, 3.8) is 0 Å². The minimum atomic E-state index is -4.56. The molecule has 1 saturated heterocycles. The molecule has 0 radical (unpaired) electrons. The first-order valence-corrected chi connectivity index (χ1v) is 6.55. The molecule has 0 spiro atoms. The lowest BCUT2D eigenvalue weighted by Gasteiger charge is -2.36. The van der Waals surface area contributed by atoms with Gasteiger partial charge in [-0.3, -0.25) is 9.78 Å². The molecule has 0 bridgehead atoms. The Labute approximate surface area is 120 Å². The van der Waals surface area contributed by atoms with Gasteiger partial charge in [0.25, 0.3) is 5.91 Å². The van der Waals surface area contributed by atoms with Gasteiger partial charge in [-0.1, -0.05) is 20.8 Å². The Bertz CT molecular complexity index is 558. The van der Waals surface area contributed by atoms with E-state index in [1.54, 1.807) is 20.8 Å². The van der Waals surface area contributed by atoms with Crippen molar-refractivity contribution in [3.05, 3.63) is 29.1 Å². The van der Waals surface area contributed by atoms with Crippen LogP contribution in [-0.4, -0.2) is 40.1 Å². The van der Waals surface area contributed by atoms with Crippen LogP contribution in [0.4, 0.5) is 13.2 Å². The first kappa shape index (κ1) is 15.8. The molecule has 1 fully saturated rings. The second kappa shape index (κ2) is 4.98. The molecule has 2 heterocycles. The van der Waals surface area contributed by atoms with Gasteiger partial charge in [-0.2, -0.15) is 13.2 Å². The van der Waals surface area contributed by atoms with Gasteiger partial charge in [0.2, 0.25) is 0 Å². The van der Waals surface area contributed by atoms with E-state index in [-0.39, 0.29) is 24.2 Å². The zero-order valence-electron chi connectivity index (χ0n) is 12.0. The Morgan fingerprint density at radius 2 is 1.90 bits per heavy atom. The first-order valence-electron chi connectivity index (χ1n) is 6.55. The fourth-order valence-corrected chi connectivity index (χ4v) is 2.18. The van der Waals surface area contributed by atoms with Crippen molar-refractivity contribution in [1.82, 2.24) is 9.88 Å². The van der Waals surface area contributed by atoms with E-state index in [9.17, 15) is 23.1 Å². The second-order valence-corrected chi connectivity index (χ2v) is 6.23. The van der Waals surface area contributed by atoms with Crippen LogP contribution in [0.15, 0.2) is 12.3 Å². The number of carbonyl (C=O) groups is 1. The van der Waals surface area contributed by atoms with E-state index in [1.165, 1.54) is 11.0 Å². The van der Waals surface area contributed by atoms with Crippen molar-refractivity contribution in [2.75, 3.05) is 13.1 Å². The summed E-state index contributed by atoms with van der Waals surface area (Å²) in [7, 11) is 0. The Hall–Kier alpha value is -1.63. The molecule has 1 aromatic heterocycles. The molecule has 0 saturated carbocycles. The number of pyridine rings is 1. The predicted octanol–water partition coefficient (Wildman–Crippen LogP) is 2.21. The molecule has 1 aliphatic rings. The van der Waals surface area contributed by atoms with Crippen LogP contribution in [0.5, 0.6) is 0 Å². The molecule has 4 nitrogen and oxygen atoms in total. The summed E-state index contributed by atoms with van der Waals surface area (Å²) in [6.07, 6.45) is -4.17. The number of likely N-dealkylation sites (tertiary alicyclic amines) is 1. The average Bonchev–Trinajstić information content (AvgIpc) is 2.31. The van der Waals surface area contributed by atoms with Crippen LogP contribution >= 0.6 is 0 Å². The number of β-amino-alcohol motifs (C(OH)–C–C–N with tert-alkyl or cyclic N) is 1. The number of aliphatic hydroxyl groups excluding tert-OH is 1. The number of hydrogen-bond donors (Lipinski definition) is 1. The van der Waals surface area contributed by atoms with Gasteiger partial charge < -0.3 is 10.0 Å². The fraction of sp³-hybridized carbons (Fsp3) is 0.571. The van der Waals surface area contributed by atoms with E-state index in [2.05, 4.69) is 4.98 Å². The molecule has 116 valence electrons. The normalized spacial score (nSPS) is 16.8. The minimum absolute atomic E-state index is 0.0121. The van der Waals surface area contributed by atoms with Gasteiger partial charge in [0.05, 0.1) is 11.7 Å². The largest absolute Gasteiger partial charge is 0.433 e. The summed E-state index contributed by atoms with van der Waals surface area (Å²) in [5.41, 5.74) is -1.65. The van der Waals surface area contributed by atoms with Crippen LogP contribution in [-0.2, 0) is 11.6 Å². The summed E-state index contributed by atoms with van der Waals surface area (Å²) in [4.78, 5) is 16.9. The molecule has 1 N–H and O–H groups in total. The van der Waals surface area contributed by atoms with E-state index in [0.717, 1.165) is 6.20 Å². The lowest BCUT2D eigenvalue weighted by Crippen LogP contribution is -2.53. The van der Waals surface area contributed by atoms with Gasteiger partial charge in [-0.15, -0.1) is 0 Å². The highest BCUT2D eigenvalue weighted by Gasteiger charge is 2.39. The van der Waals surface area contributed by atoms with Crippen LogP contribution in [0.25, 0.3) is 0 Å². The second-order valence-electron chi connectivity index (χ2n) is 6.23. The lowest BCUT2D eigenvalue weighted by molar-refractivity contribution is -0.142. The smallest absolute Gasteiger partial charge is 0.389 e. The van der Waals surface area contributed by atoms with E-state index in [0.29, 0.717) is 0 Å². The summed E-state index contributed by atoms with van der Waals surface area (Å²) < 4.78 is 39.0. The van der Waals surface area contributed by atoms with Gasteiger partial charge in [-0.25, -0.2) is 0 Å². The lowest BCUT2D eigenvalue weighted by atomic mass is 9.84. The number of carbonyl (C=O) groups excluding carboxylic acids is 1. The van der Waals surface area contributed by atoms with E-state index < -0.39 is 29.3 Å². The topological polar surface area (TPSA) is 53.4 Å². The molecular weight excluding hydrogens is 285 g/mol. The maximum Gasteiger partial charge on any atom is 0.433 e. The predicted molar refractivity (Wildman–Crippen MR) is 69.8 cm³/mol. The third-order valence-corrected chi connectivity index (χ3v) is 3.36. The van der Waals surface area contributed by atoms with Crippen molar-refractivity contribution in [2.24, 2.45) is 0 Å². The molecule has 7 heteroatoms. The van der Waals surface area contributed by atoms with Crippen LogP contribution < -0.4 is 0 Å². The molecule has 0 aromatic carbocycles. The van der Waals surface area contributed by atoms with Gasteiger partial charge in [0.15, 0.2) is 0 Å². The Morgan fingerprint density at radius 1 is 1.33 bits per heavy atom. The van der Waals surface area contributed by atoms with Crippen molar-refractivity contribution < 1.29 is 23.1 Å². The molecule has 1 aromatic rings. The molecule has 0 atom stereocenters. The number of halogens is 3. The van der Waals surface area contributed by atoms with Gasteiger partial charge in [0, 0.05) is 19.3 Å². The molecule has 1 aliphatic heterocycles. The minimum Gasteiger partial charge on any atom is -0.389 e. The van der Waals surface area contributed by atoms with Crippen LogP contribution in [0.1, 0.15) is 42.4 Å². The Balaban J connectivity index is 2.40. The van der Waals surface area contributed by atoms with Gasteiger partial charge >= 0.3 is 6.18 Å². The zero-order chi connectivity index (χ0) is 16.0. The van der Waals surface area contributed by atoms with Gasteiger partial charge in [0.1, 0.15) is 5.69 Å². The number of amides is 1. The molecule has 0 unspecified atom stereocenters. The summed E-state index contributed by atoms with van der Waals surface area (Å²) in [5, 5.41) is 9.19. The molecule has 0 aliphatic carbocycles. The molecule has 1 amide bonds. The quantitative estimate of drug-likeness (QED) is 0.865. The van der Waals surface area contributed by atoms with E-state index >= 15 is 0 Å². The standard InChI is InChI=1S/C14H17F3N2O2/c1-13(2,3)10-4-8(5-18-11(10)14(15,16)17)12(21)19-6-9(20)7-19/h4-5,9,20H,6-7H2,1-3H3. The number of rotatable bonds is 1. The van der Waals surface area contributed by atoms with Crippen molar-refractivity contribution in [2.45, 2.75) is 38.5 Å². The average molecular weight is 302 g/mol. The molecule has 2 rings (SSSR count). The van der Waals surface area contributed by atoms with Gasteiger partial charge in [-0.05, 0) is 17.0 Å². The Morgan fingerprint density at radius 3 is 2.33 bits per heavy atom. The highest BCUT2D eigenvalue weighted by molar-refractivity contribution is 5.94. The third kappa shape index (κ3) is 3.18. The number of nitrogens with zero attached hydrogens (tertiary/aromatic N) is 2. The summed E-state index contributed by atoms with van der Waals surface area (Å²) >= 11 is 0. The van der Waals surface area contributed by atoms with E-state index in [4.69, 9.17) is 0 Å². The van der Waals surface area contributed by atoms with Crippen LogP contribution in [0.3, 0.4) is 0 Å². The fourth-order valence-electron chi connectivity index (χ4n) is 2.18. The number of alkyl halides is 3. The van der Waals surface area contributed by atoms with Crippen molar-refractivity contribution in [1.29, 1.82) is 0 Å². The zero-order valence-corrected chi connectivity index (χ0v) is 12.0. The van der Waals surface area contributed by atoms with Crippen molar-refractivity contribution >= 4 is 5.91 Å². The summed E-state index contributed by atoms with van der Waals surface area (Å²) in [6, 6.07) is 1.25. The number of aromatic nitrogens is 1. The summed E-state index contributed by atoms with van der Waals surface area (Å²) in [5.74, 6) is -0.410. The monoisotopic (exact) mass is 302 g/mol. The summed E-state index contributed by atoms with van der Waals surface area (Å²) in [6.45, 7) is 5.32. The van der Waals surface area contributed by atoms with Crippen LogP contribution in [0.2, 0.25) is 0 Å². The number of aliphatic hydroxyl groups is 1. The Kier molecular flexibility index (Phi) is 3.73. The maximum atomic E-state index is 13.0. The van der Waals surface area contributed by atoms with Crippen molar-refractivity contribution in [3.8, 4) is 0 Å². The highest BCUT2D eigenvalue weighted by atomic mass is 19.4. The first-order chi connectivity index (χ1) is 9.50. The number of hydrogen-bond acceptors (Lipinski definition) is 3.